The molecule has 31 heavy (non-hydrogen) atoms. The molecule has 0 saturated heterocycles. The number of anilines is 1. The Morgan fingerprint density at radius 1 is 1.06 bits per heavy atom. The molecule has 0 aliphatic heterocycles. The molecule has 2 rings (SSSR count). The quantitative estimate of drug-likeness (QED) is 0.442. The lowest BCUT2D eigenvalue weighted by atomic mass is 9.77. The molecule has 0 bridgehead atoms. The average molecular weight is 439 g/mol. The predicted molar refractivity (Wildman–Crippen MR) is 133 cm³/mol. The molecule has 0 aliphatic carbocycles. The first-order chi connectivity index (χ1) is 14.5. The first kappa shape index (κ1) is 24.7. The lowest BCUT2D eigenvalue weighted by Crippen LogP contribution is -2.22. The van der Waals surface area contributed by atoms with E-state index in [2.05, 4.69) is 51.8 Å². The van der Waals surface area contributed by atoms with Crippen LogP contribution in [0.15, 0.2) is 54.9 Å². The van der Waals surface area contributed by atoms with E-state index in [1.54, 1.807) is 18.5 Å². The second-order valence-corrected chi connectivity index (χ2v) is 10.2. The third-order valence-corrected chi connectivity index (χ3v) is 6.45. The standard InChI is InChI=1S/C26H35N2O2P/c1-8-26(5,6)20-15-19(25(2,3)4)21(16-22(20)29)28-24(30)18-17-27-14-12-10-9-11-13-23(18)31-7/h9-17,27,29H,8H2,1-7H3,(H,28,30). The van der Waals surface area contributed by atoms with Crippen LogP contribution in [-0.4, -0.2) is 22.7 Å². The number of carbonyl (C=O) groups excluding carboxylic acids is 1. The third-order valence-electron chi connectivity index (χ3n) is 5.57. The summed E-state index contributed by atoms with van der Waals surface area (Å²) >= 11 is 0. The Kier molecular flexibility index (Phi) is 8.08. The van der Waals surface area contributed by atoms with Crippen molar-refractivity contribution in [3.8, 4) is 5.75 Å². The Hall–Kier alpha value is -2.58. The number of phenols is 1. The Morgan fingerprint density at radius 2 is 1.74 bits per heavy atom. The normalized spacial score (nSPS) is 12.3. The van der Waals surface area contributed by atoms with E-state index in [-0.39, 0.29) is 22.5 Å². The van der Waals surface area contributed by atoms with Gasteiger partial charge in [0.15, 0.2) is 0 Å². The highest BCUT2D eigenvalue weighted by Crippen LogP contribution is 2.41. The molecule has 1 amide bonds. The molecule has 0 radical (unpaired) electrons. The van der Waals surface area contributed by atoms with E-state index in [1.807, 2.05) is 43.1 Å². The highest BCUT2D eigenvalue weighted by Gasteiger charge is 2.27. The SMILES string of the molecule is CCC(C)(C)c1cc(C(C)(C)C)c(NC(=O)c2c[nH]cccccc/c2=P\C)cc1O. The van der Waals surface area contributed by atoms with Gasteiger partial charge < -0.3 is 15.4 Å². The van der Waals surface area contributed by atoms with Crippen LogP contribution in [0.2, 0.25) is 0 Å². The number of aromatic nitrogens is 1. The minimum Gasteiger partial charge on any atom is -0.508 e. The molecule has 1 aromatic carbocycles. The number of phenolic OH excluding ortho intramolecular Hbond substituents is 1. The van der Waals surface area contributed by atoms with Crippen molar-refractivity contribution >= 4 is 19.8 Å². The molecule has 0 saturated carbocycles. The molecule has 1 heterocycles. The summed E-state index contributed by atoms with van der Waals surface area (Å²) in [6, 6.07) is 13.3. The molecule has 0 unspecified atom stereocenters. The van der Waals surface area contributed by atoms with Crippen molar-refractivity contribution < 1.29 is 9.90 Å². The van der Waals surface area contributed by atoms with Crippen molar-refractivity contribution in [1.29, 1.82) is 0 Å². The zero-order valence-electron chi connectivity index (χ0n) is 19.7. The second kappa shape index (κ2) is 10.2. The van der Waals surface area contributed by atoms with Gasteiger partial charge in [0.1, 0.15) is 5.75 Å². The fraction of sp³-hybridized carbons (Fsp3) is 0.385. The van der Waals surface area contributed by atoms with Gasteiger partial charge in [0.2, 0.25) is 0 Å². The minimum atomic E-state index is -0.216. The fourth-order valence-electron chi connectivity index (χ4n) is 3.29. The second-order valence-electron chi connectivity index (χ2n) is 9.29. The van der Waals surface area contributed by atoms with Gasteiger partial charge in [0.25, 0.3) is 5.91 Å². The topological polar surface area (TPSA) is 65.1 Å². The molecule has 0 fully saturated rings. The van der Waals surface area contributed by atoms with Gasteiger partial charge in [-0.3, -0.25) is 4.79 Å². The molecule has 2 aromatic rings. The fourth-order valence-corrected chi connectivity index (χ4v) is 3.93. The molecule has 1 aromatic heterocycles. The molecule has 3 N–H and O–H groups in total. The van der Waals surface area contributed by atoms with E-state index in [1.165, 1.54) is 0 Å². The van der Waals surface area contributed by atoms with Crippen LogP contribution in [0, 0.1) is 4.94 Å². The van der Waals surface area contributed by atoms with Gasteiger partial charge in [0, 0.05) is 29.1 Å². The Bertz CT molecular complexity index is 1060. The van der Waals surface area contributed by atoms with Crippen molar-refractivity contribution in [1.82, 2.24) is 4.98 Å². The number of aromatic amines is 1. The Balaban J connectivity index is 2.64. The number of H-pyrrole nitrogens is 1. The van der Waals surface area contributed by atoms with Crippen LogP contribution in [0.5, 0.6) is 5.75 Å². The molecular formula is C26H35N2O2P. The van der Waals surface area contributed by atoms with Gasteiger partial charge in [-0.2, -0.15) is 0 Å². The lowest BCUT2D eigenvalue weighted by molar-refractivity contribution is 0.102. The van der Waals surface area contributed by atoms with Gasteiger partial charge in [0.05, 0.1) is 5.56 Å². The van der Waals surface area contributed by atoms with Gasteiger partial charge >= 0.3 is 0 Å². The summed E-state index contributed by atoms with van der Waals surface area (Å²) in [6.45, 7) is 14.7. The van der Waals surface area contributed by atoms with Crippen LogP contribution in [0.4, 0.5) is 5.69 Å². The maximum absolute atomic E-state index is 13.3. The maximum Gasteiger partial charge on any atom is 0.258 e. The largest absolute Gasteiger partial charge is 0.508 e. The molecular weight excluding hydrogens is 403 g/mol. The van der Waals surface area contributed by atoms with Gasteiger partial charge in [-0.05, 0) is 53.2 Å². The number of rotatable bonds is 4. The molecule has 0 atom stereocenters. The van der Waals surface area contributed by atoms with Gasteiger partial charge in [-0.25, -0.2) is 0 Å². The van der Waals surface area contributed by atoms with Gasteiger partial charge in [-0.1, -0.05) is 67.9 Å². The number of hydrogen-bond acceptors (Lipinski definition) is 2. The van der Waals surface area contributed by atoms with Crippen LogP contribution in [0.1, 0.15) is 69.4 Å². The molecule has 5 heteroatoms. The van der Waals surface area contributed by atoms with Crippen molar-refractivity contribution in [2.75, 3.05) is 12.0 Å². The molecule has 166 valence electrons. The summed E-state index contributed by atoms with van der Waals surface area (Å²) in [4.78, 5) is 17.3. The zero-order valence-corrected chi connectivity index (χ0v) is 20.6. The van der Waals surface area contributed by atoms with Crippen molar-refractivity contribution in [2.24, 2.45) is 0 Å². The molecule has 0 spiro atoms. The highest BCUT2D eigenvalue weighted by atomic mass is 31.1. The van der Waals surface area contributed by atoms with Crippen LogP contribution in [-0.2, 0) is 10.8 Å². The Labute approximate surface area is 187 Å². The third kappa shape index (κ3) is 6.21. The van der Waals surface area contributed by atoms with E-state index in [0.717, 1.165) is 30.7 Å². The summed E-state index contributed by atoms with van der Waals surface area (Å²) in [7, 11) is 0.981. The average Bonchev–Trinajstić information content (AvgIpc) is 2.70. The van der Waals surface area contributed by atoms with Crippen LogP contribution in [0.25, 0.3) is 0 Å². The van der Waals surface area contributed by atoms with Crippen molar-refractivity contribution in [2.45, 2.75) is 58.8 Å². The first-order valence-corrected chi connectivity index (χ1v) is 12.0. The first-order valence-electron chi connectivity index (χ1n) is 10.6. The summed E-state index contributed by atoms with van der Waals surface area (Å²) < 4.78 is 0. The summed E-state index contributed by atoms with van der Waals surface area (Å²) in [5, 5.41) is 13.9. The van der Waals surface area contributed by atoms with E-state index in [4.69, 9.17) is 0 Å². The Morgan fingerprint density at radius 3 is 2.35 bits per heavy atom. The zero-order chi connectivity index (χ0) is 23.2. The number of benzene rings is 1. The van der Waals surface area contributed by atoms with E-state index < -0.39 is 0 Å². The number of hydrogen-bond donors (Lipinski definition) is 3. The summed E-state index contributed by atoms with van der Waals surface area (Å²) in [6.07, 6.45) is 4.39. The van der Waals surface area contributed by atoms with Crippen molar-refractivity contribution in [3.63, 3.8) is 0 Å². The predicted octanol–water partition coefficient (Wildman–Crippen LogP) is 7.19. The number of carbonyl (C=O) groups is 1. The molecule has 4 nitrogen and oxygen atoms in total. The van der Waals surface area contributed by atoms with Crippen LogP contribution >= 0.6 is 8.20 Å². The van der Waals surface area contributed by atoms with E-state index in [9.17, 15) is 9.90 Å². The lowest BCUT2D eigenvalue weighted by Gasteiger charge is -2.30. The number of nitrogens with one attached hydrogen (secondary N) is 2. The summed E-state index contributed by atoms with van der Waals surface area (Å²) in [5.74, 6) is -0.00847. The minimum absolute atomic E-state index is 0.165. The summed E-state index contributed by atoms with van der Waals surface area (Å²) in [5.41, 5.74) is 2.71. The van der Waals surface area contributed by atoms with Crippen LogP contribution in [0.3, 0.4) is 0 Å². The van der Waals surface area contributed by atoms with Crippen molar-refractivity contribution in [3.05, 3.63) is 76.5 Å². The number of amides is 1. The monoisotopic (exact) mass is 438 g/mol. The van der Waals surface area contributed by atoms with E-state index in [0.29, 0.717) is 11.3 Å². The smallest absolute Gasteiger partial charge is 0.258 e. The maximum atomic E-state index is 13.3. The molecule has 0 aliphatic rings. The van der Waals surface area contributed by atoms with Gasteiger partial charge in [-0.15, -0.1) is 0 Å². The number of aromatic hydroxyl groups is 1. The van der Waals surface area contributed by atoms with Crippen LogP contribution < -0.4 is 5.32 Å². The van der Waals surface area contributed by atoms with E-state index >= 15 is 0 Å². The highest BCUT2D eigenvalue weighted by molar-refractivity contribution is 7.28.